The van der Waals surface area contributed by atoms with Crippen molar-refractivity contribution >= 4 is 0 Å². The molecule has 3 aromatic rings. The first kappa shape index (κ1) is 19.9. The molecule has 0 amide bonds. The fourth-order valence-electron chi connectivity index (χ4n) is 4.27. The van der Waals surface area contributed by atoms with E-state index in [0.717, 1.165) is 25.5 Å². The molecule has 0 bridgehead atoms. The molecule has 150 valence electrons. The molecule has 1 saturated heterocycles. The van der Waals surface area contributed by atoms with Crippen LogP contribution in [0.2, 0.25) is 0 Å². The molecular formula is C27H31NO. The standard InChI is InChI=1S/C27H31NO/c1-4-10-24(11-5-1)22-28-19-16-23(17-20-28)18-21-29-27(25-12-6-2-7-13-25)26-14-8-3-9-15-26/h1-15,23,27H,16-22H2. The summed E-state index contributed by atoms with van der Waals surface area (Å²) < 4.78 is 6.43. The quantitative estimate of drug-likeness (QED) is 0.465. The van der Waals surface area contributed by atoms with E-state index in [1.54, 1.807) is 0 Å². The molecule has 4 rings (SSSR count). The van der Waals surface area contributed by atoms with Crippen molar-refractivity contribution in [3.63, 3.8) is 0 Å². The summed E-state index contributed by atoms with van der Waals surface area (Å²) in [7, 11) is 0. The predicted octanol–water partition coefficient (Wildman–Crippen LogP) is 6.09. The third-order valence-electron chi connectivity index (χ3n) is 5.97. The summed E-state index contributed by atoms with van der Waals surface area (Å²) in [5, 5.41) is 0. The molecule has 0 atom stereocenters. The molecule has 29 heavy (non-hydrogen) atoms. The highest BCUT2D eigenvalue weighted by atomic mass is 16.5. The van der Waals surface area contributed by atoms with Crippen molar-refractivity contribution in [1.29, 1.82) is 0 Å². The topological polar surface area (TPSA) is 12.5 Å². The summed E-state index contributed by atoms with van der Waals surface area (Å²) in [6.07, 6.45) is 3.72. The van der Waals surface area contributed by atoms with Crippen molar-refractivity contribution in [3.8, 4) is 0 Å². The number of ether oxygens (including phenoxy) is 1. The van der Waals surface area contributed by atoms with Gasteiger partial charge in [-0.15, -0.1) is 0 Å². The van der Waals surface area contributed by atoms with Crippen LogP contribution in [-0.4, -0.2) is 24.6 Å². The SMILES string of the molecule is c1ccc(CN2CCC(CCOC(c3ccccc3)c3ccccc3)CC2)cc1. The Bertz CT molecular complexity index is 787. The highest BCUT2D eigenvalue weighted by Gasteiger charge is 2.20. The average molecular weight is 386 g/mol. The summed E-state index contributed by atoms with van der Waals surface area (Å²) >= 11 is 0. The Morgan fingerprint density at radius 3 is 1.79 bits per heavy atom. The second kappa shape index (κ2) is 10.4. The Morgan fingerprint density at radius 1 is 0.724 bits per heavy atom. The second-order valence-electron chi connectivity index (χ2n) is 8.07. The number of piperidine rings is 1. The molecule has 1 aliphatic rings. The third-order valence-corrected chi connectivity index (χ3v) is 5.97. The van der Waals surface area contributed by atoms with Crippen LogP contribution in [0.1, 0.15) is 42.1 Å². The molecule has 0 aliphatic carbocycles. The van der Waals surface area contributed by atoms with E-state index in [4.69, 9.17) is 4.74 Å². The monoisotopic (exact) mass is 385 g/mol. The molecule has 0 spiro atoms. The van der Waals surface area contributed by atoms with E-state index in [9.17, 15) is 0 Å². The van der Waals surface area contributed by atoms with Crippen molar-refractivity contribution in [1.82, 2.24) is 4.90 Å². The zero-order chi connectivity index (χ0) is 19.7. The Labute approximate surface area is 175 Å². The van der Waals surface area contributed by atoms with Crippen molar-refractivity contribution in [2.24, 2.45) is 5.92 Å². The highest BCUT2D eigenvalue weighted by Crippen LogP contribution is 2.28. The molecule has 0 unspecified atom stereocenters. The van der Waals surface area contributed by atoms with Crippen LogP contribution in [0.15, 0.2) is 91.0 Å². The van der Waals surface area contributed by atoms with Crippen LogP contribution in [0.5, 0.6) is 0 Å². The van der Waals surface area contributed by atoms with Gasteiger partial charge in [0.05, 0.1) is 0 Å². The van der Waals surface area contributed by atoms with Crippen molar-refractivity contribution in [3.05, 3.63) is 108 Å². The Kier molecular flexibility index (Phi) is 7.12. The fraction of sp³-hybridized carbons (Fsp3) is 0.333. The van der Waals surface area contributed by atoms with Gasteiger partial charge in [-0.2, -0.15) is 0 Å². The first-order valence-corrected chi connectivity index (χ1v) is 10.9. The van der Waals surface area contributed by atoms with Gasteiger partial charge >= 0.3 is 0 Å². The van der Waals surface area contributed by atoms with Crippen LogP contribution >= 0.6 is 0 Å². The van der Waals surface area contributed by atoms with Crippen LogP contribution < -0.4 is 0 Å². The van der Waals surface area contributed by atoms with Gasteiger partial charge in [-0.1, -0.05) is 91.0 Å². The zero-order valence-corrected chi connectivity index (χ0v) is 17.1. The fourth-order valence-corrected chi connectivity index (χ4v) is 4.27. The van der Waals surface area contributed by atoms with Gasteiger partial charge in [0, 0.05) is 13.2 Å². The minimum absolute atomic E-state index is 0.0237. The van der Waals surface area contributed by atoms with Gasteiger partial charge in [-0.25, -0.2) is 0 Å². The molecule has 2 nitrogen and oxygen atoms in total. The lowest BCUT2D eigenvalue weighted by Gasteiger charge is -2.32. The number of nitrogens with zero attached hydrogens (tertiary/aromatic N) is 1. The first-order valence-electron chi connectivity index (χ1n) is 10.9. The maximum absolute atomic E-state index is 6.43. The first-order chi connectivity index (χ1) is 14.4. The van der Waals surface area contributed by atoms with Gasteiger partial charge in [-0.05, 0) is 55.0 Å². The highest BCUT2D eigenvalue weighted by molar-refractivity contribution is 5.29. The molecule has 1 fully saturated rings. The molecule has 0 aromatic heterocycles. The van der Waals surface area contributed by atoms with Crippen molar-refractivity contribution in [2.75, 3.05) is 19.7 Å². The molecule has 0 radical (unpaired) electrons. The lowest BCUT2D eigenvalue weighted by Crippen LogP contribution is -2.33. The normalized spacial score (nSPS) is 15.6. The second-order valence-corrected chi connectivity index (χ2v) is 8.07. The molecule has 2 heteroatoms. The summed E-state index contributed by atoms with van der Waals surface area (Å²) in [6.45, 7) is 4.28. The number of likely N-dealkylation sites (tertiary alicyclic amines) is 1. The smallest absolute Gasteiger partial charge is 0.108 e. The summed E-state index contributed by atoms with van der Waals surface area (Å²) in [4.78, 5) is 2.59. The van der Waals surface area contributed by atoms with Crippen LogP contribution in [0.3, 0.4) is 0 Å². The van der Waals surface area contributed by atoms with Gasteiger partial charge in [0.1, 0.15) is 6.10 Å². The number of rotatable bonds is 8. The lowest BCUT2D eigenvalue weighted by atomic mass is 9.93. The predicted molar refractivity (Wildman–Crippen MR) is 120 cm³/mol. The minimum Gasteiger partial charge on any atom is -0.369 e. The maximum atomic E-state index is 6.43. The number of benzene rings is 3. The van der Waals surface area contributed by atoms with E-state index < -0.39 is 0 Å². The summed E-state index contributed by atoms with van der Waals surface area (Å²) in [5.41, 5.74) is 3.88. The maximum Gasteiger partial charge on any atom is 0.108 e. The summed E-state index contributed by atoms with van der Waals surface area (Å²) in [6, 6.07) is 32.0. The number of hydrogen-bond acceptors (Lipinski definition) is 2. The van der Waals surface area contributed by atoms with Crippen LogP contribution in [0.4, 0.5) is 0 Å². The van der Waals surface area contributed by atoms with Crippen LogP contribution in [0, 0.1) is 5.92 Å². The Hall–Kier alpha value is -2.42. The van der Waals surface area contributed by atoms with E-state index >= 15 is 0 Å². The zero-order valence-electron chi connectivity index (χ0n) is 17.1. The van der Waals surface area contributed by atoms with E-state index in [1.807, 2.05) is 0 Å². The van der Waals surface area contributed by atoms with E-state index in [2.05, 4.69) is 95.9 Å². The van der Waals surface area contributed by atoms with Crippen molar-refractivity contribution < 1.29 is 4.74 Å². The molecule has 0 saturated carbocycles. The van der Waals surface area contributed by atoms with E-state index in [0.29, 0.717) is 0 Å². The van der Waals surface area contributed by atoms with E-state index in [1.165, 1.54) is 42.6 Å². The molecule has 1 heterocycles. The largest absolute Gasteiger partial charge is 0.369 e. The Balaban J connectivity index is 1.26. The van der Waals surface area contributed by atoms with E-state index in [-0.39, 0.29) is 6.10 Å². The lowest BCUT2D eigenvalue weighted by molar-refractivity contribution is 0.0596. The molecule has 3 aromatic carbocycles. The Morgan fingerprint density at radius 2 is 1.24 bits per heavy atom. The minimum atomic E-state index is 0.0237. The van der Waals surface area contributed by atoms with Gasteiger partial charge in [0.25, 0.3) is 0 Å². The van der Waals surface area contributed by atoms with Crippen LogP contribution in [0.25, 0.3) is 0 Å². The summed E-state index contributed by atoms with van der Waals surface area (Å²) in [5.74, 6) is 0.772. The molecule has 1 aliphatic heterocycles. The third kappa shape index (κ3) is 5.79. The van der Waals surface area contributed by atoms with Gasteiger partial charge in [0.2, 0.25) is 0 Å². The van der Waals surface area contributed by atoms with Gasteiger partial charge in [-0.3, -0.25) is 4.90 Å². The molecule has 0 N–H and O–H groups in total. The average Bonchev–Trinajstić information content (AvgIpc) is 2.80. The van der Waals surface area contributed by atoms with Gasteiger partial charge in [0.15, 0.2) is 0 Å². The van der Waals surface area contributed by atoms with Crippen molar-refractivity contribution in [2.45, 2.75) is 31.9 Å². The van der Waals surface area contributed by atoms with Gasteiger partial charge < -0.3 is 4.74 Å². The molecular weight excluding hydrogens is 354 g/mol. The van der Waals surface area contributed by atoms with Crippen LogP contribution in [-0.2, 0) is 11.3 Å². The number of hydrogen-bond donors (Lipinski definition) is 0.